The van der Waals surface area contributed by atoms with Crippen LogP contribution in [0.2, 0.25) is 0 Å². The molecule has 1 aromatic carbocycles. The molecule has 0 fully saturated rings. The molecule has 1 atom stereocenters. The van der Waals surface area contributed by atoms with Gasteiger partial charge in [0.25, 0.3) is 5.91 Å². The smallest absolute Gasteiger partial charge is 0.253 e. The molecule has 0 spiro atoms. The Kier molecular flexibility index (Phi) is 6.83. The molecule has 0 aliphatic rings. The molecule has 1 rings (SSSR count). The third kappa shape index (κ3) is 5.07. The zero-order valence-corrected chi connectivity index (χ0v) is 12.1. The van der Waals surface area contributed by atoms with Gasteiger partial charge in [-0.3, -0.25) is 4.79 Å². The molecule has 0 radical (unpaired) electrons. The average Bonchev–Trinajstić information content (AvgIpc) is 2.43. The molecular formula is C14H22N2O4. The molecule has 0 heterocycles. The first-order valence-corrected chi connectivity index (χ1v) is 6.52. The van der Waals surface area contributed by atoms with E-state index >= 15 is 0 Å². The molecule has 1 unspecified atom stereocenters. The molecule has 112 valence electrons. The van der Waals surface area contributed by atoms with Gasteiger partial charge < -0.3 is 25.3 Å². The van der Waals surface area contributed by atoms with Crippen LogP contribution in [0.5, 0.6) is 5.75 Å². The van der Waals surface area contributed by atoms with Crippen LogP contribution in [0.15, 0.2) is 18.2 Å². The van der Waals surface area contributed by atoms with E-state index in [1.54, 1.807) is 25.1 Å². The quantitative estimate of drug-likeness (QED) is 0.559. The van der Waals surface area contributed by atoms with Gasteiger partial charge >= 0.3 is 0 Å². The van der Waals surface area contributed by atoms with Gasteiger partial charge in [-0.15, -0.1) is 0 Å². The Balaban J connectivity index is 2.54. The van der Waals surface area contributed by atoms with Gasteiger partial charge in [0.1, 0.15) is 11.9 Å². The highest BCUT2D eigenvalue weighted by Gasteiger charge is 2.15. The first-order valence-electron chi connectivity index (χ1n) is 6.52. The van der Waals surface area contributed by atoms with Crippen molar-refractivity contribution in [1.29, 1.82) is 0 Å². The van der Waals surface area contributed by atoms with Crippen molar-refractivity contribution in [2.75, 3.05) is 38.0 Å². The average molecular weight is 282 g/mol. The standard InChI is InChI=1S/C14H22N2O4/c1-4-19-7-8-20-10(2)14(17)16-12-9-11(15)5-6-13(12)18-3/h5-6,9-10H,4,7-8,15H2,1-3H3,(H,16,17). The number of carbonyl (C=O) groups is 1. The Morgan fingerprint density at radius 1 is 1.40 bits per heavy atom. The maximum Gasteiger partial charge on any atom is 0.253 e. The molecule has 3 N–H and O–H groups in total. The molecule has 6 nitrogen and oxygen atoms in total. The highest BCUT2D eigenvalue weighted by Crippen LogP contribution is 2.26. The number of benzene rings is 1. The Morgan fingerprint density at radius 3 is 2.80 bits per heavy atom. The van der Waals surface area contributed by atoms with Crippen molar-refractivity contribution in [3.05, 3.63) is 18.2 Å². The van der Waals surface area contributed by atoms with Gasteiger partial charge in [0.15, 0.2) is 0 Å². The minimum atomic E-state index is -0.582. The lowest BCUT2D eigenvalue weighted by Crippen LogP contribution is -2.29. The summed E-state index contributed by atoms with van der Waals surface area (Å²) < 4.78 is 15.7. The van der Waals surface area contributed by atoms with Gasteiger partial charge in [-0.25, -0.2) is 0 Å². The second kappa shape index (κ2) is 8.39. The number of carbonyl (C=O) groups excluding carboxylic acids is 1. The SMILES string of the molecule is CCOCCOC(C)C(=O)Nc1cc(N)ccc1OC. The molecule has 0 aliphatic carbocycles. The Labute approximate surface area is 119 Å². The maximum atomic E-state index is 12.0. The first kappa shape index (κ1) is 16.3. The zero-order chi connectivity index (χ0) is 15.0. The minimum Gasteiger partial charge on any atom is -0.495 e. The number of nitrogens with one attached hydrogen (secondary N) is 1. The summed E-state index contributed by atoms with van der Waals surface area (Å²) in [6.07, 6.45) is -0.582. The highest BCUT2D eigenvalue weighted by molar-refractivity contribution is 5.95. The maximum absolute atomic E-state index is 12.0. The number of hydrogen-bond acceptors (Lipinski definition) is 5. The molecular weight excluding hydrogens is 260 g/mol. The fraction of sp³-hybridized carbons (Fsp3) is 0.500. The molecule has 0 aromatic heterocycles. The predicted octanol–water partition coefficient (Wildman–Crippen LogP) is 1.66. The van der Waals surface area contributed by atoms with E-state index in [9.17, 15) is 4.79 Å². The van der Waals surface area contributed by atoms with Gasteiger partial charge in [-0.1, -0.05) is 0 Å². The molecule has 20 heavy (non-hydrogen) atoms. The van der Waals surface area contributed by atoms with Crippen LogP contribution < -0.4 is 15.8 Å². The summed E-state index contributed by atoms with van der Waals surface area (Å²) in [6.45, 7) is 5.05. The number of amides is 1. The molecule has 0 aliphatic heterocycles. The lowest BCUT2D eigenvalue weighted by atomic mass is 10.2. The van der Waals surface area contributed by atoms with Crippen molar-refractivity contribution in [2.24, 2.45) is 0 Å². The third-order valence-corrected chi connectivity index (χ3v) is 2.65. The van der Waals surface area contributed by atoms with Crippen molar-refractivity contribution < 1.29 is 19.0 Å². The molecule has 0 saturated carbocycles. The fourth-order valence-electron chi connectivity index (χ4n) is 1.56. The number of anilines is 2. The van der Waals surface area contributed by atoms with E-state index in [4.69, 9.17) is 19.9 Å². The van der Waals surface area contributed by atoms with Gasteiger partial charge in [0.05, 0.1) is 26.0 Å². The Bertz CT molecular complexity index is 437. The largest absolute Gasteiger partial charge is 0.495 e. The van der Waals surface area contributed by atoms with Crippen LogP contribution in [0, 0.1) is 0 Å². The first-order chi connectivity index (χ1) is 9.58. The van der Waals surface area contributed by atoms with E-state index in [0.717, 1.165) is 0 Å². The van der Waals surface area contributed by atoms with Crippen molar-refractivity contribution >= 4 is 17.3 Å². The van der Waals surface area contributed by atoms with Crippen LogP contribution in [-0.4, -0.2) is 38.9 Å². The molecule has 1 aromatic rings. The summed E-state index contributed by atoms with van der Waals surface area (Å²) in [6, 6.07) is 5.05. The number of methoxy groups -OCH3 is 1. The van der Waals surface area contributed by atoms with Crippen LogP contribution in [0.1, 0.15) is 13.8 Å². The van der Waals surface area contributed by atoms with Crippen LogP contribution in [0.4, 0.5) is 11.4 Å². The minimum absolute atomic E-state index is 0.259. The second-order valence-electron chi connectivity index (χ2n) is 4.16. The van der Waals surface area contributed by atoms with Crippen LogP contribution in [-0.2, 0) is 14.3 Å². The van der Waals surface area contributed by atoms with E-state index in [2.05, 4.69) is 5.32 Å². The van der Waals surface area contributed by atoms with Gasteiger partial charge in [0, 0.05) is 12.3 Å². The van der Waals surface area contributed by atoms with E-state index in [-0.39, 0.29) is 5.91 Å². The Hall–Kier alpha value is -1.79. The third-order valence-electron chi connectivity index (χ3n) is 2.65. The van der Waals surface area contributed by atoms with Crippen LogP contribution in [0.3, 0.4) is 0 Å². The summed E-state index contributed by atoms with van der Waals surface area (Å²) in [4.78, 5) is 12.0. The van der Waals surface area contributed by atoms with E-state index in [0.29, 0.717) is 36.9 Å². The van der Waals surface area contributed by atoms with Crippen molar-refractivity contribution in [3.63, 3.8) is 0 Å². The van der Waals surface area contributed by atoms with E-state index in [1.165, 1.54) is 7.11 Å². The molecule has 0 bridgehead atoms. The summed E-state index contributed by atoms with van der Waals surface area (Å²) in [5.74, 6) is 0.291. The number of rotatable bonds is 8. The normalized spacial score (nSPS) is 11.9. The monoisotopic (exact) mass is 282 g/mol. The molecule has 0 saturated heterocycles. The summed E-state index contributed by atoms with van der Waals surface area (Å²) >= 11 is 0. The van der Waals surface area contributed by atoms with Gasteiger partial charge in [-0.05, 0) is 32.0 Å². The van der Waals surface area contributed by atoms with Crippen molar-refractivity contribution in [1.82, 2.24) is 0 Å². The summed E-state index contributed by atoms with van der Waals surface area (Å²) in [5, 5.41) is 2.73. The molecule has 1 amide bonds. The van der Waals surface area contributed by atoms with Crippen molar-refractivity contribution in [3.8, 4) is 5.75 Å². The van der Waals surface area contributed by atoms with Gasteiger partial charge in [0.2, 0.25) is 0 Å². The van der Waals surface area contributed by atoms with Gasteiger partial charge in [-0.2, -0.15) is 0 Å². The number of ether oxygens (including phenoxy) is 3. The van der Waals surface area contributed by atoms with Crippen LogP contribution in [0.25, 0.3) is 0 Å². The van der Waals surface area contributed by atoms with Crippen LogP contribution >= 0.6 is 0 Å². The number of nitrogens with two attached hydrogens (primary N) is 1. The zero-order valence-electron chi connectivity index (χ0n) is 12.1. The lowest BCUT2D eigenvalue weighted by Gasteiger charge is -2.15. The van der Waals surface area contributed by atoms with E-state index < -0.39 is 6.10 Å². The number of nitrogen functional groups attached to an aromatic ring is 1. The fourth-order valence-corrected chi connectivity index (χ4v) is 1.56. The highest BCUT2D eigenvalue weighted by atomic mass is 16.5. The second-order valence-corrected chi connectivity index (χ2v) is 4.16. The summed E-state index contributed by atoms with van der Waals surface area (Å²) in [7, 11) is 1.53. The Morgan fingerprint density at radius 2 is 2.15 bits per heavy atom. The lowest BCUT2D eigenvalue weighted by molar-refractivity contribution is -0.127. The molecule has 6 heteroatoms. The van der Waals surface area contributed by atoms with E-state index in [1.807, 2.05) is 6.92 Å². The predicted molar refractivity (Wildman–Crippen MR) is 77.9 cm³/mol. The topological polar surface area (TPSA) is 82.8 Å². The number of hydrogen-bond donors (Lipinski definition) is 2. The van der Waals surface area contributed by atoms with Crippen molar-refractivity contribution in [2.45, 2.75) is 20.0 Å². The summed E-state index contributed by atoms with van der Waals surface area (Å²) in [5.41, 5.74) is 6.77.